The van der Waals surface area contributed by atoms with Crippen molar-refractivity contribution < 1.29 is 0 Å². The lowest BCUT2D eigenvalue weighted by molar-refractivity contribution is 0.795. The molecule has 0 aliphatic heterocycles. The highest BCUT2D eigenvalue weighted by molar-refractivity contribution is 7.99. The summed E-state index contributed by atoms with van der Waals surface area (Å²) in [6.45, 7) is 0. The fraction of sp³-hybridized carbons (Fsp3) is 0.118. The molecule has 110 valence electrons. The van der Waals surface area contributed by atoms with Crippen LogP contribution in [0.1, 0.15) is 5.56 Å². The van der Waals surface area contributed by atoms with Crippen molar-refractivity contribution in [2.75, 3.05) is 5.75 Å². The van der Waals surface area contributed by atoms with Crippen LogP contribution in [-0.2, 0) is 7.05 Å². The number of pyridine rings is 1. The molecule has 2 heterocycles. The van der Waals surface area contributed by atoms with Crippen molar-refractivity contribution in [2.24, 2.45) is 7.05 Å². The van der Waals surface area contributed by atoms with Crippen LogP contribution in [0.25, 0.3) is 17.5 Å². The van der Waals surface area contributed by atoms with Crippen LogP contribution in [0.3, 0.4) is 0 Å². The summed E-state index contributed by atoms with van der Waals surface area (Å²) in [7, 11) is 1.99. The lowest BCUT2D eigenvalue weighted by atomic mass is 10.2. The first-order valence-corrected chi connectivity index (χ1v) is 7.97. The molecule has 0 radical (unpaired) electrons. The van der Waals surface area contributed by atoms with Crippen LogP contribution < -0.4 is 0 Å². The average molecular weight is 308 g/mol. The van der Waals surface area contributed by atoms with Gasteiger partial charge in [-0.2, -0.15) is 0 Å². The third-order valence-corrected chi connectivity index (χ3v) is 4.16. The number of hydrogen-bond donors (Lipinski definition) is 0. The van der Waals surface area contributed by atoms with Gasteiger partial charge in [-0.15, -0.1) is 10.2 Å². The third kappa shape index (κ3) is 3.43. The molecule has 5 heteroatoms. The van der Waals surface area contributed by atoms with Crippen molar-refractivity contribution in [2.45, 2.75) is 5.16 Å². The van der Waals surface area contributed by atoms with Gasteiger partial charge in [-0.05, 0) is 17.7 Å². The zero-order chi connectivity index (χ0) is 15.2. The molecule has 3 aromatic rings. The maximum atomic E-state index is 4.26. The van der Waals surface area contributed by atoms with E-state index in [1.54, 1.807) is 24.2 Å². The molecule has 22 heavy (non-hydrogen) atoms. The molecule has 0 fully saturated rings. The van der Waals surface area contributed by atoms with E-state index < -0.39 is 0 Å². The Bertz CT molecular complexity index is 751. The van der Waals surface area contributed by atoms with Gasteiger partial charge < -0.3 is 4.57 Å². The minimum Gasteiger partial charge on any atom is -0.305 e. The van der Waals surface area contributed by atoms with E-state index in [9.17, 15) is 0 Å². The monoisotopic (exact) mass is 308 g/mol. The SMILES string of the molecule is Cn1c(SCC=Cc2ccccc2)nnc1-c1ccncc1. The van der Waals surface area contributed by atoms with Crippen molar-refractivity contribution in [3.05, 3.63) is 66.5 Å². The Kier molecular flexibility index (Phi) is 4.65. The van der Waals surface area contributed by atoms with Gasteiger partial charge in [0.25, 0.3) is 0 Å². The molecule has 0 saturated carbocycles. The van der Waals surface area contributed by atoms with Gasteiger partial charge in [-0.1, -0.05) is 54.2 Å². The van der Waals surface area contributed by atoms with E-state index in [4.69, 9.17) is 0 Å². The summed E-state index contributed by atoms with van der Waals surface area (Å²) >= 11 is 1.67. The summed E-state index contributed by atoms with van der Waals surface area (Å²) in [5, 5.41) is 9.43. The van der Waals surface area contributed by atoms with Crippen molar-refractivity contribution in [3.63, 3.8) is 0 Å². The topological polar surface area (TPSA) is 43.6 Å². The molecule has 4 nitrogen and oxygen atoms in total. The fourth-order valence-electron chi connectivity index (χ4n) is 2.06. The Morgan fingerprint density at radius 2 is 1.82 bits per heavy atom. The molecule has 1 aromatic carbocycles. The molecule has 0 saturated heterocycles. The molecule has 0 N–H and O–H groups in total. The molecule has 0 amide bonds. The van der Waals surface area contributed by atoms with Crippen LogP contribution in [0, 0.1) is 0 Å². The van der Waals surface area contributed by atoms with Gasteiger partial charge in [0.05, 0.1) is 0 Å². The summed E-state index contributed by atoms with van der Waals surface area (Å²) in [6.07, 6.45) is 7.78. The predicted octanol–water partition coefficient (Wildman–Crippen LogP) is 3.68. The van der Waals surface area contributed by atoms with Crippen LogP contribution in [-0.4, -0.2) is 25.5 Å². The summed E-state index contributed by atoms with van der Waals surface area (Å²) in [4.78, 5) is 4.03. The molecule has 0 aliphatic rings. The number of benzene rings is 1. The molecule has 0 spiro atoms. The Morgan fingerprint density at radius 1 is 1.05 bits per heavy atom. The molecule has 0 aliphatic carbocycles. The number of hydrogen-bond acceptors (Lipinski definition) is 4. The maximum absolute atomic E-state index is 4.26. The standard InChI is InChI=1S/C17H16N4S/c1-21-16(15-9-11-18-12-10-15)19-20-17(21)22-13-5-8-14-6-3-2-4-7-14/h2-12H,13H2,1H3. The molecule has 3 rings (SSSR count). The molecular formula is C17H16N4S. The highest BCUT2D eigenvalue weighted by Crippen LogP contribution is 2.22. The molecular weight excluding hydrogens is 292 g/mol. The highest BCUT2D eigenvalue weighted by Gasteiger charge is 2.09. The van der Waals surface area contributed by atoms with E-state index >= 15 is 0 Å². The summed E-state index contributed by atoms with van der Waals surface area (Å²) in [5.74, 6) is 1.72. The highest BCUT2D eigenvalue weighted by atomic mass is 32.2. The number of nitrogens with zero attached hydrogens (tertiary/aromatic N) is 4. The summed E-state index contributed by atoms with van der Waals surface area (Å²) < 4.78 is 2.01. The first-order valence-electron chi connectivity index (χ1n) is 6.99. The van der Waals surface area contributed by atoms with E-state index in [-0.39, 0.29) is 0 Å². The van der Waals surface area contributed by atoms with Crippen LogP contribution in [0.2, 0.25) is 0 Å². The Hall–Kier alpha value is -2.40. The number of rotatable bonds is 5. The smallest absolute Gasteiger partial charge is 0.191 e. The van der Waals surface area contributed by atoms with Crippen molar-refractivity contribution >= 4 is 17.8 Å². The lowest BCUT2D eigenvalue weighted by Gasteiger charge is -2.02. The Labute approximate surface area is 133 Å². The van der Waals surface area contributed by atoms with Crippen LogP contribution in [0.15, 0.2) is 66.1 Å². The van der Waals surface area contributed by atoms with Crippen LogP contribution >= 0.6 is 11.8 Å². The minimum atomic E-state index is 0.858. The second kappa shape index (κ2) is 7.04. The van der Waals surface area contributed by atoms with Gasteiger partial charge in [0, 0.05) is 30.8 Å². The first kappa shape index (κ1) is 14.5. The van der Waals surface area contributed by atoms with Gasteiger partial charge in [0.1, 0.15) is 0 Å². The van der Waals surface area contributed by atoms with Crippen molar-refractivity contribution in [1.82, 2.24) is 19.7 Å². The van der Waals surface area contributed by atoms with E-state index in [0.29, 0.717) is 0 Å². The van der Waals surface area contributed by atoms with E-state index in [1.807, 2.05) is 41.9 Å². The largest absolute Gasteiger partial charge is 0.305 e. The molecule has 0 bridgehead atoms. The zero-order valence-electron chi connectivity index (χ0n) is 12.3. The minimum absolute atomic E-state index is 0.858. The van der Waals surface area contributed by atoms with Gasteiger partial charge in [0.2, 0.25) is 0 Å². The lowest BCUT2D eigenvalue weighted by Crippen LogP contribution is -1.94. The number of thioether (sulfide) groups is 1. The maximum Gasteiger partial charge on any atom is 0.191 e. The quantitative estimate of drug-likeness (QED) is 0.674. The first-order chi connectivity index (χ1) is 10.8. The van der Waals surface area contributed by atoms with Crippen molar-refractivity contribution in [3.8, 4) is 11.4 Å². The zero-order valence-corrected chi connectivity index (χ0v) is 13.1. The summed E-state index contributed by atoms with van der Waals surface area (Å²) in [5.41, 5.74) is 2.23. The molecule has 2 aromatic heterocycles. The van der Waals surface area contributed by atoms with Gasteiger partial charge in [-0.25, -0.2) is 0 Å². The van der Waals surface area contributed by atoms with Gasteiger partial charge in [0.15, 0.2) is 11.0 Å². The van der Waals surface area contributed by atoms with Crippen LogP contribution in [0.4, 0.5) is 0 Å². The van der Waals surface area contributed by atoms with Crippen molar-refractivity contribution in [1.29, 1.82) is 0 Å². The van der Waals surface area contributed by atoms with E-state index in [0.717, 1.165) is 22.3 Å². The van der Waals surface area contributed by atoms with E-state index in [2.05, 4.69) is 39.5 Å². The average Bonchev–Trinajstić information content (AvgIpc) is 2.94. The normalized spacial score (nSPS) is 11.1. The van der Waals surface area contributed by atoms with Gasteiger partial charge in [-0.3, -0.25) is 4.98 Å². The predicted molar refractivity (Wildman–Crippen MR) is 90.4 cm³/mol. The Morgan fingerprint density at radius 3 is 2.59 bits per heavy atom. The van der Waals surface area contributed by atoms with Gasteiger partial charge >= 0.3 is 0 Å². The second-order valence-corrected chi connectivity index (χ2v) is 5.71. The van der Waals surface area contributed by atoms with E-state index in [1.165, 1.54) is 5.56 Å². The molecule has 0 unspecified atom stereocenters. The second-order valence-electron chi connectivity index (χ2n) is 4.73. The Balaban J connectivity index is 1.65. The summed E-state index contributed by atoms with van der Waals surface area (Å²) in [6, 6.07) is 14.1. The van der Waals surface area contributed by atoms with Crippen LogP contribution in [0.5, 0.6) is 0 Å². The third-order valence-electron chi connectivity index (χ3n) is 3.19. The molecule has 0 atom stereocenters. The number of aromatic nitrogens is 4. The fourth-order valence-corrected chi connectivity index (χ4v) is 2.78.